The van der Waals surface area contributed by atoms with E-state index in [0.29, 0.717) is 11.7 Å². The summed E-state index contributed by atoms with van der Waals surface area (Å²) in [6.45, 7) is -2.83. The first kappa shape index (κ1) is 13.9. The molecule has 2 aromatic rings. The van der Waals surface area contributed by atoms with Gasteiger partial charge in [-0.05, 0) is 23.6 Å². The zero-order chi connectivity index (χ0) is 14.8. The summed E-state index contributed by atoms with van der Waals surface area (Å²) in [4.78, 5) is 0. The Bertz CT molecular complexity index is 607. The van der Waals surface area contributed by atoms with Crippen LogP contribution in [0.4, 0.5) is 14.6 Å². The average molecular weight is 294 g/mol. The molecule has 0 saturated heterocycles. The van der Waals surface area contributed by atoms with Gasteiger partial charge < -0.3 is 15.0 Å². The third-order valence-corrected chi connectivity index (χ3v) is 3.86. The van der Waals surface area contributed by atoms with E-state index >= 15 is 0 Å². The molecule has 1 saturated carbocycles. The fourth-order valence-corrected chi connectivity index (χ4v) is 2.55. The van der Waals surface area contributed by atoms with Crippen molar-refractivity contribution in [3.8, 4) is 16.9 Å². The largest absolute Gasteiger partial charge is 0.435 e. The van der Waals surface area contributed by atoms with Crippen LogP contribution in [0.3, 0.4) is 0 Å². The number of ether oxygens (including phenoxy) is 1. The summed E-state index contributed by atoms with van der Waals surface area (Å²) in [5.74, 6) is 1.83. The molecule has 1 aromatic heterocycles. The van der Waals surface area contributed by atoms with Crippen LogP contribution in [0.15, 0.2) is 28.8 Å². The standard InChI is InChI=1S/C15H16F2N2O2/c16-15(17)20-11-6-4-10(5-7-11)13-12(21-19-14(13)18)8-9-2-1-3-9/h4-7,9,15H,1-3,8H2,(H2,18,19). The van der Waals surface area contributed by atoms with Crippen molar-refractivity contribution >= 4 is 5.82 Å². The normalized spacial score (nSPS) is 15.2. The fraction of sp³-hybridized carbons (Fsp3) is 0.400. The number of nitrogens with two attached hydrogens (primary N) is 1. The molecular formula is C15H16F2N2O2. The SMILES string of the molecule is Nc1noc(CC2CCC2)c1-c1ccc(OC(F)F)cc1. The van der Waals surface area contributed by atoms with Crippen LogP contribution in [0.5, 0.6) is 5.75 Å². The Hall–Kier alpha value is -2.11. The first-order valence-corrected chi connectivity index (χ1v) is 6.92. The molecule has 1 aliphatic carbocycles. The van der Waals surface area contributed by atoms with Crippen molar-refractivity contribution in [3.05, 3.63) is 30.0 Å². The van der Waals surface area contributed by atoms with Gasteiger partial charge in [-0.2, -0.15) is 8.78 Å². The van der Waals surface area contributed by atoms with Gasteiger partial charge in [0.25, 0.3) is 0 Å². The second-order valence-electron chi connectivity index (χ2n) is 5.27. The van der Waals surface area contributed by atoms with Crippen LogP contribution in [-0.2, 0) is 6.42 Å². The Morgan fingerprint density at radius 2 is 2.00 bits per heavy atom. The third kappa shape index (κ3) is 2.99. The number of hydrogen-bond acceptors (Lipinski definition) is 4. The molecule has 4 nitrogen and oxygen atoms in total. The van der Waals surface area contributed by atoms with Crippen LogP contribution >= 0.6 is 0 Å². The molecule has 0 spiro atoms. The minimum atomic E-state index is -2.83. The lowest BCUT2D eigenvalue weighted by Gasteiger charge is -2.24. The summed E-state index contributed by atoms with van der Waals surface area (Å²) >= 11 is 0. The number of benzene rings is 1. The summed E-state index contributed by atoms with van der Waals surface area (Å²) < 4.78 is 33.9. The van der Waals surface area contributed by atoms with Gasteiger partial charge in [-0.3, -0.25) is 0 Å². The van der Waals surface area contributed by atoms with Crippen molar-refractivity contribution in [2.75, 3.05) is 5.73 Å². The van der Waals surface area contributed by atoms with Gasteiger partial charge >= 0.3 is 6.61 Å². The molecule has 0 unspecified atom stereocenters. The molecular weight excluding hydrogens is 278 g/mol. The van der Waals surface area contributed by atoms with E-state index < -0.39 is 6.61 Å². The van der Waals surface area contributed by atoms with Gasteiger partial charge in [0.2, 0.25) is 0 Å². The number of halogens is 2. The van der Waals surface area contributed by atoms with E-state index in [9.17, 15) is 8.78 Å². The van der Waals surface area contributed by atoms with E-state index in [2.05, 4.69) is 9.89 Å². The molecule has 2 N–H and O–H groups in total. The van der Waals surface area contributed by atoms with Gasteiger partial charge in [-0.15, -0.1) is 0 Å². The third-order valence-electron chi connectivity index (χ3n) is 3.86. The van der Waals surface area contributed by atoms with Gasteiger partial charge in [0.15, 0.2) is 5.82 Å². The molecule has 6 heteroatoms. The maximum absolute atomic E-state index is 12.1. The highest BCUT2D eigenvalue weighted by molar-refractivity contribution is 5.75. The Morgan fingerprint density at radius 1 is 1.29 bits per heavy atom. The predicted octanol–water partition coefficient (Wildman–Crippen LogP) is 3.87. The van der Waals surface area contributed by atoms with Crippen LogP contribution in [-0.4, -0.2) is 11.8 Å². The molecule has 0 amide bonds. The second-order valence-corrected chi connectivity index (χ2v) is 5.27. The van der Waals surface area contributed by atoms with E-state index in [4.69, 9.17) is 10.3 Å². The number of nitrogen functional groups attached to an aromatic ring is 1. The van der Waals surface area contributed by atoms with Gasteiger partial charge in [0.05, 0.1) is 5.56 Å². The number of aromatic nitrogens is 1. The summed E-state index contributed by atoms with van der Waals surface area (Å²) in [7, 11) is 0. The van der Waals surface area contributed by atoms with E-state index in [1.54, 1.807) is 12.1 Å². The lowest BCUT2D eigenvalue weighted by molar-refractivity contribution is -0.0498. The number of hydrogen-bond donors (Lipinski definition) is 1. The van der Waals surface area contributed by atoms with Gasteiger partial charge in [0, 0.05) is 6.42 Å². The molecule has 1 aliphatic rings. The minimum Gasteiger partial charge on any atom is -0.435 e. The minimum absolute atomic E-state index is 0.115. The van der Waals surface area contributed by atoms with Crippen molar-refractivity contribution in [3.63, 3.8) is 0 Å². The molecule has 3 rings (SSSR count). The van der Waals surface area contributed by atoms with E-state index in [-0.39, 0.29) is 5.75 Å². The Morgan fingerprint density at radius 3 is 2.57 bits per heavy atom. The Kier molecular flexibility index (Phi) is 3.77. The van der Waals surface area contributed by atoms with Crippen LogP contribution < -0.4 is 10.5 Å². The van der Waals surface area contributed by atoms with Crippen LogP contribution in [0.2, 0.25) is 0 Å². The molecule has 1 fully saturated rings. The molecule has 1 heterocycles. The van der Waals surface area contributed by atoms with Crippen LogP contribution in [0.25, 0.3) is 11.1 Å². The predicted molar refractivity (Wildman–Crippen MR) is 74.0 cm³/mol. The van der Waals surface area contributed by atoms with E-state index in [0.717, 1.165) is 23.3 Å². The van der Waals surface area contributed by atoms with Gasteiger partial charge in [-0.1, -0.05) is 36.6 Å². The highest BCUT2D eigenvalue weighted by Gasteiger charge is 2.24. The van der Waals surface area contributed by atoms with Gasteiger partial charge in [0.1, 0.15) is 11.5 Å². The lowest BCUT2D eigenvalue weighted by Crippen LogP contribution is -2.13. The summed E-state index contributed by atoms with van der Waals surface area (Å²) in [6.07, 6.45) is 4.46. The van der Waals surface area contributed by atoms with E-state index in [1.165, 1.54) is 31.4 Å². The summed E-state index contributed by atoms with van der Waals surface area (Å²) in [5.41, 5.74) is 7.42. The average Bonchev–Trinajstić information content (AvgIpc) is 2.75. The zero-order valence-corrected chi connectivity index (χ0v) is 11.4. The maximum atomic E-state index is 12.1. The Balaban J connectivity index is 1.83. The molecule has 112 valence electrons. The zero-order valence-electron chi connectivity index (χ0n) is 11.4. The first-order chi connectivity index (χ1) is 10.1. The second kappa shape index (κ2) is 5.71. The molecule has 0 bridgehead atoms. The van der Waals surface area contributed by atoms with Crippen molar-refractivity contribution in [1.82, 2.24) is 5.16 Å². The van der Waals surface area contributed by atoms with Crippen molar-refractivity contribution < 1.29 is 18.0 Å². The van der Waals surface area contributed by atoms with E-state index in [1.807, 2.05) is 0 Å². The number of nitrogens with zero attached hydrogens (tertiary/aromatic N) is 1. The van der Waals surface area contributed by atoms with Crippen molar-refractivity contribution in [2.24, 2.45) is 5.92 Å². The Labute approximate surface area is 120 Å². The van der Waals surface area contributed by atoms with Crippen LogP contribution in [0.1, 0.15) is 25.0 Å². The van der Waals surface area contributed by atoms with Gasteiger partial charge in [-0.25, -0.2) is 0 Å². The monoisotopic (exact) mass is 294 g/mol. The molecule has 0 aliphatic heterocycles. The smallest absolute Gasteiger partial charge is 0.387 e. The lowest BCUT2D eigenvalue weighted by atomic mass is 9.81. The number of anilines is 1. The summed E-state index contributed by atoms with van der Waals surface area (Å²) in [6, 6.07) is 6.35. The number of rotatable bonds is 5. The molecule has 1 aromatic carbocycles. The highest BCUT2D eigenvalue weighted by atomic mass is 19.3. The fourth-order valence-electron chi connectivity index (χ4n) is 2.55. The van der Waals surface area contributed by atoms with Crippen molar-refractivity contribution in [1.29, 1.82) is 0 Å². The van der Waals surface area contributed by atoms with Crippen LogP contribution in [0, 0.1) is 5.92 Å². The highest BCUT2D eigenvalue weighted by Crippen LogP contribution is 2.36. The summed E-state index contributed by atoms with van der Waals surface area (Å²) in [5, 5.41) is 3.83. The first-order valence-electron chi connectivity index (χ1n) is 6.92. The number of alkyl halides is 2. The van der Waals surface area contributed by atoms with Crippen molar-refractivity contribution in [2.45, 2.75) is 32.3 Å². The molecule has 21 heavy (non-hydrogen) atoms. The molecule has 0 radical (unpaired) electrons. The molecule has 0 atom stereocenters. The quantitative estimate of drug-likeness (QED) is 0.909. The topological polar surface area (TPSA) is 61.3 Å². The maximum Gasteiger partial charge on any atom is 0.387 e.